The standard InChI is InChI=1S/C22H28N2O6S/c1-22(2)13-17(16-8-6-7-9-19(16)30-22)23-21(25)14-24(31(5,26)27)18-11-10-15(28-3)12-20(18)29-4/h6-12,17H,13-14H2,1-5H3,(H,23,25)/t17-/m1/s1. The van der Waals surface area contributed by atoms with E-state index in [4.69, 9.17) is 14.2 Å². The third kappa shape index (κ3) is 5.22. The summed E-state index contributed by atoms with van der Waals surface area (Å²) in [5, 5.41) is 2.97. The largest absolute Gasteiger partial charge is 0.497 e. The Morgan fingerprint density at radius 3 is 2.55 bits per heavy atom. The predicted octanol–water partition coefficient (Wildman–Crippen LogP) is 2.89. The molecule has 1 amide bonds. The molecule has 0 spiro atoms. The van der Waals surface area contributed by atoms with Gasteiger partial charge in [-0.25, -0.2) is 8.42 Å². The Bertz CT molecular complexity index is 1070. The van der Waals surface area contributed by atoms with Gasteiger partial charge >= 0.3 is 0 Å². The number of para-hydroxylation sites is 1. The highest BCUT2D eigenvalue weighted by molar-refractivity contribution is 7.92. The van der Waals surface area contributed by atoms with Crippen LogP contribution in [0.2, 0.25) is 0 Å². The molecule has 2 aromatic carbocycles. The minimum absolute atomic E-state index is 0.258. The van der Waals surface area contributed by atoms with Crippen LogP contribution in [0.3, 0.4) is 0 Å². The maximum Gasteiger partial charge on any atom is 0.241 e. The van der Waals surface area contributed by atoms with Crippen molar-refractivity contribution in [2.45, 2.75) is 31.9 Å². The maximum atomic E-state index is 13.0. The fraction of sp³-hybridized carbons (Fsp3) is 0.409. The molecular formula is C22H28N2O6S. The third-order valence-electron chi connectivity index (χ3n) is 5.05. The molecular weight excluding hydrogens is 420 g/mol. The van der Waals surface area contributed by atoms with Gasteiger partial charge in [-0.1, -0.05) is 18.2 Å². The Morgan fingerprint density at radius 2 is 1.90 bits per heavy atom. The quantitative estimate of drug-likeness (QED) is 0.700. The summed E-state index contributed by atoms with van der Waals surface area (Å²) < 4.78 is 42.6. The first-order valence-electron chi connectivity index (χ1n) is 9.81. The summed E-state index contributed by atoms with van der Waals surface area (Å²) in [5.41, 5.74) is 0.652. The van der Waals surface area contributed by atoms with Crippen molar-refractivity contribution < 1.29 is 27.4 Å². The van der Waals surface area contributed by atoms with Crippen LogP contribution in [0.5, 0.6) is 17.2 Å². The molecule has 1 heterocycles. The Morgan fingerprint density at radius 1 is 1.19 bits per heavy atom. The summed E-state index contributed by atoms with van der Waals surface area (Å²) in [4.78, 5) is 13.0. The van der Waals surface area contributed by atoms with Crippen molar-refractivity contribution in [1.29, 1.82) is 0 Å². The molecule has 168 valence electrons. The highest BCUT2D eigenvalue weighted by atomic mass is 32.2. The number of carbonyl (C=O) groups excluding carboxylic acids is 1. The number of anilines is 1. The van der Waals surface area contributed by atoms with Crippen molar-refractivity contribution >= 4 is 21.6 Å². The average Bonchev–Trinajstić information content (AvgIpc) is 2.70. The fourth-order valence-corrected chi connectivity index (χ4v) is 4.53. The minimum Gasteiger partial charge on any atom is -0.497 e. The number of nitrogens with one attached hydrogen (secondary N) is 1. The highest BCUT2D eigenvalue weighted by Gasteiger charge is 2.35. The van der Waals surface area contributed by atoms with Gasteiger partial charge in [0.05, 0.1) is 32.2 Å². The molecule has 1 N–H and O–H groups in total. The summed E-state index contributed by atoms with van der Waals surface area (Å²) in [5.74, 6) is 1.08. The molecule has 1 atom stereocenters. The van der Waals surface area contributed by atoms with E-state index in [1.165, 1.54) is 14.2 Å². The molecule has 0 saturated carbocycles. The molecule has 2 aromatic rings. The van der Waals surface area contributed by atoms with Crippen molar-refractivity contribution in [3.8, 4) is 17.2 Å². The topological polar surface area (TPSA) is 94.2 Å². The first-order chi connectivity index (χ1) is 14.5. The second-order valence-corrected chi connectivity index (χ2v) is 9.94. The SMILES string of the molecule is COc1ccc(N(CC(=O)N[C@@H]2CC(C)(C)Oc3ccccc32)S(C)(=O)=O)c(OC)c1. The number of methoxy groups -OCH3 is 2. The van der Waals surface area contributed by atoms with Crippen LogP contribution in [0.4, 0.5) is 5.69 Å². The molecule has 9 heteroatoms. The van der Waals surface area contributed by atoms with Gasteiger partial charge in [-0.3, -0.25) is 9.10 Å². The molecule has 1 aliphatic heterocycles. The number of fused-ring (bicyclic) bond motifs is 1. The average molecular weight is 449 g/mol. The lowest BCUT2D eigenvalue weighted by molar-refractivity contribution is -0.120. The third-order valence-corrected chi connectivity index (χ3v) is 6.18. The number of benzene rings is 2. The van der Waals surface area contributed by atoms with E-state index in [2.05, 4.69) is 5.32 Å². The van der Waals surface area contributed by atoms with Crippen LogP contribution < -0.4 is 23.8 Å². The molecule has 8 nitrogen and oxygen atoms in total. The molecule has 0 radical (unpaired) electrons. The number of amides is 1. The molecule has 0 aromatic heterocycles. The van der Waals surface area contributed by atoms with Crippen LogP contribution in [0.25, 0.3) is 0 Å². The lowest BCUT2D eigenvalue weighted by Gasteiger charge is -2.38. The summed E-state index contributed by atoms with van der Waals surface area (Å²) >= 11 is 0. The number of sulfonamides is 1. The Balaban J connectivity index is 1.87. The first-order valence-corrected chi connectivity index (χ1v) is 11.7. The van der Waals surface area contributed by atoms with Gasteiger partial charge in [-0.15, -0.1) is 0 Å². The molecule has 3 rings (SSSR count). The summed E-state index contributed by atoms with van der Waals surface area (Å²) in [6.07, 6.45) is 1.61. The Hall–Kier alpha value is -2.94. The van der Waals surface area contributed by atoms with Gasteiger partial charge in [0.15, 0.2) is 0 Å². The van der Waals surface area contributed by atoms with E-state index in [1.54, 1.807) is 18.2 Å². The van der Waals surface area contributed by atoms with E-state index in [1.807, 2.05) is 38.1 Å². The minimum atomic E-state index is -3.76. The number of rotatable bonds is 7. The summed E-state index contributed by atoms with van der Waals surface area (Å²) in [7, 11) is -0.829. The molecule has 0 unspecified atom stereocenters. The molecule has 0 saturated heterocycles. The zero-order valence-electron chi connectivity index (χ0n) is 18.3. The molecule has 31 heavy (non-hydrogen) atoms. The summed E-state index contributed by atoms with van der Waals surface area (Å²) in [6.45, 7) is 3.52. The maximum absolute atomic E-state index is 13.0. The second-order valence-electron chi connectivity index (χ2n) is 8.03. The van der Waals surface area contributed by atoms with Crippen LogP contribution in [0.1, 0.15) is 31.9 Å². The predicted molar refractivity (Wildman–Crippen MR) is 118 cm³/mol. The molecule has 0 fully saturated rings. The summed E-state index contributed by atoms with van der Waals surface area (Å²) in [6, 6.07) is 12.0. The van der Waals surface area contributed by atoms with Crippen molar-refractivity contribution in [3.05, 3.63) is 48.0 Å². The van der Waals surface area contributed by atoms with E-state index in [0.29, 0.717) is 17.9 Å². The number of hydrogen-bond donors (Lipinski definition) is 1. The van der Waals surface area contributed by atoms with Crippen molar-refractivity contribution in [2.24, 2.45) is 0 Å². The zero-order valence-corrected chi connectivity index (χ0v) is 19.2. The lowest BCUT2D eigenvalue weighted by atomic mass is 9.89. The van der Waals surface area contributed by atoms with Crippen LogP contribution in [-0.2, 0) is 14.8 Å². The van der Waals surface area contributed by atoms with E-state index in [0.717, 1.165) is 16.1 Å². The van der Waals surface area contributed by atoms with E-state index < -0.39 is 21.5 Å². The van der Waals surface area contributed by atoms with Crippen molar-refractivity contribution in [1.82, 2.24) is 5.32 Å². The number of carbonyl (C=O) groups is 1. The zero-order chi connectivity index (χ0) is 22.8. The van der Waals surface area contributed by atoms with Gasteiger partial charge in [0, 0.05) is 18.1 Å². The van der Waals surface area contributed by atoms with E-state index in [9.17, 15) is 13.2 Å². The van der Waals surface area contributed by atoms with Gasteiger partial charge in [-0.05, 0) is 32.0 Å². The van der Waals surface area contributed by atoms with E-state index >= 15 is 0 Å². The molecule has 1 aliphatic rings. The normalized spacial score (nSPS) is 17.1. The molecule has 0 aliphatic carbocycles. The van der Waals surface area contributed by atoms with Crippen molar-refractivity contribution in [2.75, 3.05) is 31.3 Å². The molecule has 0 bridgehead atoms. The van der Waals surface area contributed by atoms with Crippen LogP contribution in [0.15, 0.2) is 42.5 Å². The van der Waals surface area contributed by atoms with Crippen LogP contribution >= 0.6 is 0 Å². The van der Waals surface area contributed by atoms with Crippen LogP contribution in [-0.4, -0.2) is 46.9 Å². The lowest BCUT2D eigenvalue weighted by Crippen LogP contribution is -2.45. The number of hydrogen-bond acceptors (Lipinski definition) is 6. The fourth-order valence-electron chi connectivity index (χ4n) is 3.67. The number of ether oxygens (including phenoxy) is 3. The number of nitrogens with zero attached hydrogens (tertiary/aromatic N) is 1. The van der Waals surface area contributed by atoms with Gasteiger partial charge < -0.3 is 19.5 Å². The Labute approximate surface area is 183 Å². The second kappa shape index (κ2) is 8.66. The van der Waals surface area contributed by atoms with Gasteiger partial charge in [-0.2, -0.15) is 0 Å². The monoisotopic (exact) mass is 448 g/mol. The van der Waals surface area contributed by atoms with Gasteiger partial charge in [0.1, 0.15) is 29.4 Å². The highest BCUT2D eigenvalue weighted by Crippen LogP contribution is 2.39. The van der Waals surface area contributed by atoms with Gasteiger partial charge in [0.2, 0.25) is 15.9 Å². The van der Waals surface area contributed by atoms with E-state index in [-0.39, 0.29) is 24.0 Å². The Kier molecular flexibility index (Phi) is 6.35. The van der Waals surface area contributed by atoms with Crippen LogP contribution in [0, 0.1) is 0 Å². The van der Waals surface area contributed by atoms with Gasteiger partial charge in [0.25, 0.3) is 0 Å². The van der Waals surface area contributed by atoms with Crippen molar-refractivity contribution in [3.63, 3.8) is 0 Å². The first kappa shape index (κ1) is 22.7. The smallest absolute Gasteiger partial charge is 0.241 e.